The number of non-ortho nitro benzene ring substituents is 1. The molecule has 2 aromatic carbocycles. The molecule has 0 unspecified atom stereocenters. The number of anilines is 1. The highest BCUT2D eigenvalue weighted by molar-refractivity contribution is 7.14. The fourth-order valence-corrected chi connectivity index (χ4v) is 3.30. The molecule has 0 radical (unpaired) electrons. The summed E-state index contributed by atoms with van der Waals surface area (Å²) in [6.07, 6.45) is 0. The van der Waals surface area contributed by atoms with Crippen LogP contribution in [0.2, 0.25) is 0 Å². The second-order valence-electron chi connectivity index (χ2n) is 5.55. The molecule has 4 aromatic rings. The fourth-order valence-electron chi connectivity index (χ4n) is 2.51. The van der Waals surface area contributed by atoms with Gasteiger partial charge in [0.1, 0.15) is 15.8 Å². The Bertz CT molecular complexity index is 1080. The number of benzene rings is 2. The maximum atomic E-state index is 10.8. The first-order chi connectivity index (χ1) is 12.7. The predicted molar refractivity (Wildman–Crippen MR) is 101 cm³/mol. The summed E-state index contributed by atoms with van der Waals surface area (Å²) in [6.45, 7) is 0.510. The average Bonchev–Trinajstić information content (AvgIpc) is 3.15. The second kappa shape index (κ2) is 6.85. The summed E-state index contributed by atoms with van der Waals surface area (Å²) in [4.78, 5) is 14.9. The quantitative estimate of drug-likeness (QED) is 0.420. The van der Waals surface area contributed by atoms with Crippen LogP contribution in [0.15, 0.2) is 60.7 Å². The van der Waals surface area contributed by atoms with E-state index in [9.17, 15) is 10.1 Å². The highest BCUT2D eigenvalue weighted by Gasteiger charge is 2.09. The van der Waals surface area contributed by atoms with Gasteiger partial charge in [-0.15, -0.1) is 10.2 Å². The minimum Gasteiger partial charge on any atom is -0.363 e. The number of hydrogen-bond donors (Lipinski definition) is 1. The molecular formula is C18H13N5O2S. The minimum absolute atomic E-state index is 0.0577. The molecule has 128 valence electrons. The van der Waals surface area contributed by atoms with Crippen molar-refractivity contribution in [1.29, 1.82) is 0 Å². The Balaban J connectivity index is 1.49. The number of hydrogen-bond acceptors (Lipinski definition) is 7. The van der Waals surface area contributed by atoms with Gasteiger partial charge >= 0.3 is 0 Å². The van der Waals surface area contributed by atoms with Gasteiger partial charge in [0, 0.05) is 23.1 Å². The molecule has 0 saturated heterocycles. The highest BCUT2D eigenvalue weighted by atomic mass is 32.1. The maximum Gasteiger partial charge on any atom is 0.270 e. The second-order valence-corrected chi connectivity index (χ2v) is 6.61. The molecule has 26 heavy (non-hydrogen) atoms. The van der Waals surface area contributed by atoms with Crippen molar-refractivity contribution >= 4 is 33.7 Å². The molecule has 0 spiro atoms. The number of nitro benzene ring substituents is 1. The van der Waals surface area contributed by atoms with Crippen molar-refractivity contribution in [2.24, 2.45) is 0 Å². The van der Waals surface area contributed by atoms with Crippen molar-refractivity contribution in [3.63, 3.8) is 0 Å². The number of fused-ring (bicyclic) bond motifs is 1. The van der Waals surface area contributed by atoms with E-state index >= 15 is 0 Å². The number of nitrogens with one attached hydrogen (secondary N) is 1. The fraction of sp³-hybridized carbons (Fsp3) is 0.0556. The summed E-state index contributed by atoms with van der Waals surface area (Å²) in [7, 11) is 0. The SMILES string of the molecule is O=[N+]([O-])c1ccc2nc(NCc3nnc(-c4ccccc4)s3)ccc2c1. The van der Waals surface area contributed by atoms with E-state index in [0.29, 0.717) is 17.9 Å². The normalized spacial score (nSPS) is 10.8. The summed E-state index contributed by atoms with van der Waals surface area (Å²) in [5, 5.41) is 24.9. The van der Waals surface area contributed by atoms with E-state index in [0.717, 1.165) is 21.0 Å². The summed E-state index contributed by atoms with van der Waals surface area (Å²) >= 11 is 1.53. The van der Waals surface area contributed by atoms with Gasteiger partial charge in [0.15, 0.2) is 0 Å². The van der Waals surface area contributed by atoms with Crippen molar-refractivity contribution in [3.05, 3.63) is 75.8 Å². The first-order valence-electron chi connectivity index (χ1n) is 7.86. The Morgan fingerprint density at radius 2 is 1.88 bits per heavy atom. The van der Waals surface area contributed by atoms with Crippen LogP contribution in [0, 0.1) is 10.1 Å². The lowest BCUT2D eigenvalue weighted by molar-refractivity contribution is -0.384. The lowest BCUT2D eigenvalue weighted by Gasteiger charge is -2.04. The van der Waals surface area contributed by atoms with Crippen LogP contribution in [0.1, 0.15) is 5.01 Å². The lowest BCUT2D eigenvalue weighted by Crippen LogP contribution is -2.01. The number of nitrogens with zero attached hydrogens (tertiary/aromatic N) is 4. The van der Waals surface area contributed by atoms with E-state index in [4.69, 9.17) is 0 Å². The summed E-state index contributed by atoms with van der Waals surface area (Å²) < 4.78 is 0. The monoisotopic (exact) mass is 363 g/mol. The number of aromatic nitrogens is 3. The van der Waals surface area contributed by atoms with Gasteiger partial charge in [0.05, 0.1) is 17.0 Å². The molecule has 2 heterocycles. The zero-order valence-electron chi connectivity index (χ0n) is 13.5. The Kier molecular flexibility index (Phi) is 4.24. The Hall–Kier alpha value is -3.39. The smallest absolute Gasteiger partial charge is 0.270 e. The largest absolute Gasteiger partial charge is 0.363 e. The van der Waals surface area contributed by atoms with E-state index in [1.165, 1.54) is 23.5 Å². The van der Waals surface area contributed by atoms with Gasteiger partial charge in [-0.2, -0.15) is 0 Å². The van der Waals surface area contributed by atoms with Gasteiger partial charge in [-0.3, -0.25) is 10.1 Å². The molecule has 7 nitrogen and oxygen atoms in total. The Morgan fingerprint density at radius 1 is 1.04 bits per heavy atom. The van der Waals surface area contributed by atoms with Gasteiger partial charge in [-0.25, -0.2) is 4.98 Å². The van der Waals surface area contributed by atoms with E-state index in [1.54, 1.807) is 12.1 Å². The van der Waals surface area contributed by atoms with Crippen LogP contribution >= 0.6 is 11.3 Å². The third-order valence-corrected chi connectivity index (χ3v) is 4.76. The van der Waals surface area contributed by atoms with Gasteiger partial charge in [0.25, 0.3) is 5.69 Å². The molecule has 0 atom stereocenters. The maximum absolute atomic E-state index is 10.8. The molecule has 2 aromatic heterocycles. The molecule has 8 heteroatoms. The molecule has 0 bridgehead atoms. The molecule has 0 fully saturated rings. The molecule has 1 N–H and O–H groups in total. The van der Waals surface area contributed by atoms with Crippen LogP contribution in [0.3, 0.4) is 0 Å². The van der Waals surface area contributed by atoms with Gasteiger partial charge in [-0.1, -0.05) is 41.7 Å². The first kappa shape index (κ1) is 16.1. The van der Waals surface area contributed by atoms with E-state index in [1.807, 2.05) is 36.4 Å². The Morgan fingerprint density at radius 3 is 2.69 bits per heavy atom. The van der Waals surface area contributed by atoms with Gasteiger partial charge < -0.3 is 5.32 Å². The van der Waals surface area contributed by atoms with Crippen molar-refractivity contribution in [2.45, 2.75) is 6.54 Å². The van der Waals surface area contributed by atoms with E-state index in [-0.39, 0.29) is 5.69 Å². The van der Waals surface area contributed by atoms with Crippen LogP contribution in [0.25, 0.3) is 21.5 Å². The van der Waals surface area contributed by atoms with Crippen molar-refractivity contribution in [1.82, 2.24) is 15.2 Å². The summed E-state index contributed by atoms with van der Waals surface area (Å²) in [5.41, 5.74) is 1.80. The standard InChI is InChI=1S/C18H13N5O2S/c24-23(25)14-7-8-15-13(10-14)6-9-16(20-15)19-11-17-21-22-18(26-17)12-4-2-1-3-5-12/h1-10H,11H2,(H,19,20). The topological polar surface area (TPSA) is 93.8 Å². The van der Waals surface area contributed by atoms with Gasteiger partial charge in [-0.05, 0) is 18.2 Å². The molecule has 0 saturated carbocycles. The predicted octanol–water partition coefficient (Wildman–Crippen LogP) is 4.27. The van der Waals surface area contributed by atoms with Crippen molar-refractivity contribution in [3.8, 4) is 10.6 Å². The van der Waals surface area contributed by atoms with Crippen LogP contribution in [0.5, 0.6) is 0 Å². The molecule has 0 amide bonds. The molecular weight excluding hydrogens is 350 g/mol. The minimum atomic E-state index is -0.411. The van der Waals surface area contributed by atoms with Crippen LogP contribution in [-0.4, -0.2) is 20.1 Å². The first-order valence-corrected chi connectivity index (χ1v) is 8.67. The van der Waals surface area contributed by atoms with Crippen molar-refractivity contribution < 1.29 is 4.92 Å². The van der Waals surface area contributed by atoms with Crippen LogP contribution in [-0.2, 0) is 6.54 Å². The summed E-state index contributed by atoms with van der Waals surface area (Å²) in [6, 6.07) is 18.1. The third kappa shape index (κ3) is 3.35. The molecule has 0 aliphatic heterocycles. The summed E-state index contributed by atoms with van der Waals surface area (Å²) in [5.74, 6) is 0.683. The van der Waals surface area contributed by atoms with Crippen LogP contribution < -0.4 is 5.32 Å². The molecule has 0 aliphatic rings. The average molecular weight is 363 g/mol. The van der Waals surface area contributed by atoms with Gasteiger partial charge in [0.2, 0.25) is 0 Å². The van der Waals surface area contributed by atoms with E-state index in [2.05, 4.69) is 20.5 Å². The molecule has 4 rings (SSSR count). The third-order valence-electron chi connectivity index (χ3n) is 3.79. The number of pyridine rings is 1. The number of rotatable bonds is 5. The van der Waals surface area contributed by atoms with E-state index < -0.39 is 4.92 Å². The highest BCUT2D eigenvalue weighted by Crippen LogP contribution is 2.24. The lowest BCUT2D eigenvalue weighted by atomic mass is 10.2. The molecule has 0 aliphatic carbocycles. The Labute approximate surface area is 152 Å². The number of nitro groups is 1. The van der Waals surface area contributed by atoms with Crippen LogP contribution in [0.4, 0.5) is 11.5 Å². The zero-order chi connectivity index (χ0) is 17.9. The van der Waals surface area contributed by atoms with Crippen molar-refractivity contribution in [2.75, 3.05) is 5.32 Å². The zero-order valence-corrected chi connectivity index (χ0v) is 14.3.